The summed E-state index contributed by atoms with van der Waals surface area (Å²) in [4.78, 5) is 51.2. The van der Waals surface area contributed by atoms with Crippen molar-refractivity contribution in [2.75, 3.05) is 25.0 Å². The molecule has 1 aliphatic heterocycles. The lowest BCUT2D eigenvalue weighted by atomic mass is 9.96. The summed E-state index contributed by atoms with van der Waals surface area (Å²) in [6.07, 6.45) is -0.259. The third-order valence-corrected chi connectivity index (χ3v) is 6.04. The number of hydrogen-bond donors (Lipinski definition) is 2. The highest BCUT2D eigenvalue weighted by Gasteiger charge is 2.30. The number of nitrogens with zero attached hydrogens (tertiary/aromatic N) is 1. The van der Waals surface area contributed by atoms with Crippen LogP contribution in [0.4, 0.5) is 10.1 Å². The molecule has 2 N–H and O–H groups in total. The van der Waals surface area contributed by atoms with Crippen molar-refractivity contribution in [2.45, 2.75) is 39.7 Å². The Labute approximate surface area is 203 Å². The van der Waals surface area contributed by atoms with Gasteiger partial charge in [0.05, 0.1) is 12.5 Å². The van der Waals surface area contributed by atoms with Crippen LogP contribution in [0.15, 0.2) is 42.5 Å². The number of para-hydroxylation sites is 1. The average molecular weight is 484 g/mol. The molecular weight excluding hydrogens is 453 g/mol. The summed E-state index contributed by atoms with van der Waals surface area (Å²) in [5.41, 5.74) is 2.92. The van der Waals surface area contributed by atoms with Crippen LogP contribution in [0.1, 0.15) is 41.3 Å². The first-order chi connectivity index (χ1) is 16.7. The molecule has 1 saturated heterocycles. The Morgan fingerprint density at radius 2 is 1.63 bits per heavy atom. The average Bonchev–Trinajstić information content (AvgIpc) is 2.85. The van der Waals surface area contributed by atoms with E-state index in [0.29, 0.717) is 37.2 Å². The van der Waals surface area contributed by atoms with E-state index in [4.69, 9.17) is 4.74 Å². The Balaban J connectivity index is 1.42. The van der Waals surface area contributed by atoms with Gasteiger partial charge in [0.2, 0.25) is 5.91 Å². The van der Waals surface area contributed by atoms with E-state index in [0.717, 1.165) is 11.1 Å². The van der Waals surface area contributed by atoms with Gasteiger partial charge < -0.3 is 20.3 Å². The Kier molecular flexibility index (Phi) is 8.57. The molecule has 35 heavy (non-hydrogen) atoms. The van der Waals surface area contributed by atoms with Crippen molar-refractivity contribution in [3.8, 4) is 0 Å². The fraction of sp³-hybridized carbons (Fsp3) is 0.385. The van der Waals surface area contributed by atoms with E-state index in [1.54, 1.807) is 4.90 Å². The van der Waals surface area contributed by atoms with E-state index in [1.165, 1.54) is 31.2 Å². The molecule has 2 aromatic carbocycles. The van der Waals surface area contributed by atoms with Gasteiger partial charge in [-0.2, -0.15) is 0 Å². The molecule has 0 saturated carbocycles. The van der Waals surface area contributed by atoms with Crippen LogP contribution in [-0.4, -0.2) is 54.3 Å². The smallest absolute Gasteiger partial charge is 0.309 e. The standard InChI is InChI=1S/C26H30FN3O5/c1-16-5-4-6-17(2)23(16)29-22(31)15-28-24(32)18(3)35-26(34)20-11-13-30(14-12-20)25(33)19-7-9-21(27)10-8-19/h4-10,18,20H,11-15H2,1-3H3,(H,28,32)(H,29,31)/t18-/m0/s1. The first-order valence-electron chi connectivity index (χ1n) is 11.5. The van der Waals surface area contributed by atoms with Gasteiger partial charge in [-0.3, -0.25) is 19.2 Å². The zero-order chi connectivity index (χ0) is 25.5. The van der Waals surface area contributed by atoms with Gasteiger partial charge in [-0.15, -0.1) is 0 Å². The molecule has 0 aliphatic carbocycles. The van der Waals surface area contributed by atoms with Gasteiger partial charge in [0.15, 0.2) is 6.10 Å². The molecule has 3 rings (SSSR count). The number of ether oxygens (including phenoxy) is 1. The summed E-state index contributed by atoms with van der Waals surface area (Å²) in [7, 11) is 0. The fourth-order valence-corrected chi connectivity index (χ4v) is 3.92. The molecule has 1 aliphatic rings. The van der Waals surface area contributed by atoms with E-state index in [-0.39, 0.29) is 18.4 Å². The maximum Gasteiger partial charge on any atom is 0.309 e. The van der Waals surface area contributed by atoms with Crippen molar-refractivity contribution in [2.24, 2.45) is 5.92 Å². The minimum absolute atomic E-state index is 0.219. The molecule has 0 bridgehead atoms. The molecular formula is C26H30FN3O5. The van der Waals surface area contributed by atoms with Gasteiger partial charge >= 0.3 is 5.97 Å². The van der Waals surface area contributed by atoms with E-state index in [2.05, 4.69) is 10.6 Å². The van der Waals surface area contributed by atoms with Gasteiger partial charge in [0.25, 0.3) is 11.8 Å². The van der Waals surface area contributed by atoms with Crippen molar-refractivity contribution >= 4 is 29.4 Å². The van der Waals surface area contributed by atoms with Crippen molar-refractivity contribution in [1.82, 2.24) is 10.2 Å². The topological polar surface area (TPSA) is 105 Å². The molecule has 1 atom stereocenters. The SMILES string of the molecule is Cc1cccc(C)c1NC(=O)CNC(=O)[C@H](C)OC(=O)C1CCN(C(=O)c2ccc(F)cc2)CC1. The Morgan fingerprint density at radius 3 is 2.23 bits per heavy atom. The van der Waals surface area contributed by atoms with Gasteiger partial charge in [-0.1, -0.05) is 18.2 Å². The molecule has 186 valence electrons. The van der Waals surface area contributed by atoms with Gasteiger partial charge in [0, 0.05) is 24.3 Å². The molecule has 0 unspecified atom stereocenters. The van der Waals surface area contributed by atoms with Crippen LogP contribution in [0.25, 0.3) is 0 Å². The van der Waals surface area contributed by atoms with Crippen LogP contribution in [-0.2, 0) is 19.1 Å². The number of halogens is 1. The molecule has 1 heterocycles. The Hall–Kier alpha value is -3.75. The quantitative estimate of drug-likeness (QED) is 0.589. The molecule has 8 nitrogen and oxygen atoms in total. The lowest BCUT2D eigenvalue weighted by Crippen LogP contribution is -2.43. The highest BCUT2D eigenvalue weighted by Crippen LogP contribution is 2.21. The summed E-state index contributed by atoms with van der Waals surface area (Å²) in [6.45, 7) is 5.67. The zero-order valence-electron chi connectivity index (χ0n) is 20.1. The monoisotopic (exact) mass is 483 g/mol. The number of piperidine rings is 1. The van der Waals surface area contributed by atoms with Crippen molar-refractivity contribution < 1.29 is 28.3 Å². The highest BCUT2D eigenvalue weighted by atomic mass is 19.1. The first kappa shape index (κ1) is 25.9. The Bertz CT molecular complexity index is 1070. The first-order valence-corrected chi connectivity index (χ1v) is 11.5. The molecule has 3 amide bonds. The number of anilines is 1. The number of esters is 1. The summed E-state index contributed by atoms with van der Waals surface area (Å²) in [6, 6.07) is 11.0. The van der Waals surface area contributed by atoms with E-state index < -0.39 is 29.7 Å². The lowest BCUT2D eigenvalue weighted by Gasteiger charge is -2.31. The summed E-state index contributed by atoms with van der Waals surface area (Å²) in [5.74, 6) is -2.53. The van der Waals surface area contributed by atoms with E-state index in [1.807, 2.05) is 32.0 Å². The largest absolute Gasteiger partial charge is 0.452 e. The summed E-state index contributed by atoms with van der Waals surface area (Å²) < 4.78 is 18.4. The predicted molar refractivity (Wildman–Crippen MR) is 128 cm³/mol. The number of aryl methyl sites for hydroxylation is 2. The van der Waals surface area contributed by atoms with Crippen molar-refractivity contribution in [3.63, 3.8) is 0 Å². The Morgan fingerprint density at radius 1 is 1.03 bits per heavy atom. The number of likely N-dealkylation sites (tertiary alicyclic amines) is 1. The minimum atomic E-state index is -1.06. The number of benzene rings is 2. The van der Waals surface area contributed by atoms with Crippen LogP contribution in [0, 0.1) is 25.6 Å². The maximum atomic E-state index is 13.1. The molecule has 0 radical (unpaired) electrons. The lowest BCUT2D eigenvalue weighted by molar-refractivity contribution is -0.160. The third-order valence-electron chi connectivity index (χ3n) is 6.04. The van der Waals surface area contributed by atoms with E-state index in [9.17, 15) is 23.6 Å². The van der Waals surface area contributed by atoms with Crippen LogP contribution in [0.5, 0.6) is 0 Å². The van der Waals surface area contributed by atoms with Crippen LogP contribution >= 0.6 is 0 Å². The highest BCUT2D eigenvalue weighted by molar-refractivity contribution is 5.96. The zero-order valence-corrected chi connectivity index (χ0v) is 20.1. The number of amides is 3. The number of rotatable bonds is 7. The number of carbonyl (C=O) groups excluding carboxylic acids is 4. The van der Waals surface area contributed by atoms with Gasteiger partial charge in [0.1, 0.15) is 5.82 Å². The number of hydrogen-bond acceptors (Lipinski definition) is 5. The van der Waals surface area contributed by atoms with Crippen molar-refractivity contribution in [3.05, 3.63) is 65.0 Å². The molecule has 1 fully saturated rings. The maximum absolute atomic E-state index is 13.1. The van der Waals surface area contributed by atoms with Crippen LogP contribution in [0.3, 0.4) is 0 Å². The predicted octanol–water partition coefficient (Wildman–Crippen LogP) is 2.98. The summed E-state index contributed by atoms with van der Waals surface area (Å²) in [5, 5.41) is 5.27. The molecule has 0 spiro atoms. The van der Waals surface area contributed by atoms with Crippen LogP contribution in [0.2, 0.25) is 0 Å². The molecule has 2 aromatic rings. The number of carbonyl (C=O) groups is 4. The minimum Gasteiger partial charge on any atom is -0.452 e. The second kappa shape index (κ2) is 11.6. The second-order valence-electron chi connectivity index (χ2n) is 8.69. The normalized spacial score (nSPS) is 14.7. The number of nitrogens with one attached hydrogen (secondary N) is 2. The molecule has 9 heteroatoms. The molecule has 0 aromatic heterocycles. The fourth-order valence-electron chi connectivity index (χ4n) is 3.92. The second-order valence-corrected chi connectivity index (χ2v) is 8.69. The van der Waals surface area contributed by atoms with Gasteiger partial charge in [-0.25, -0.2) is 4.39 Å². The summed E-state index contributed by atoms with van der Waals surface area (Å²) >= 11 is 0. The van der Waals surface area contributed by atoms with E-state index >= 15 is 0 Å². The third kappa shape index (κ3) is 6.88. The van der Waals surface area contributed by atoms with Crippen molar-refractivity contribution in [1.29, 1.82) is 0 Å². The van der Waals surface area contributed by atoms with Gasteiger partial charge in [-0.05, 0) is 69.0 Å². The van der Waals surface area contributed by atoms with Crippen LogP contribution < -0.4 is 10.6 Å².